The molecule has 2 aromatic carbocycles. The van der Waals surface area contributed by atoms with Gasteiger partial charge in [-0.25, -0.2) is 4.39 Å². The van der Waals surface area contributed by atoms with E-state index in [4.69, 9.17) is 5.73 Å². The first-order valence-electron chi connectivity index (χ1n) is 6.59. The van der Waals surface area contributed by atoms with E-state index in [1.165, 1.54) is 5.56 Å². The smallest absolute Gasteiger partial charge is 0.123 e. The number of hydrogen-bond donors (Lipinski definition) is 1. The Hall–Kier alpha value is -1.67. The van der Waals surface area contributed by atoms with Gasteiger partial charge >= 0.3 is 0 Å². The zero-order chi connectivity index (χ0) is 14.0. The maximum atomic E-state index is 13.3. The van der Waals surface area contributed by atoms with E-state index in [9.17, 15) is 4.39 Å². The van der Waals surface area contributed by atoms with Gasteiger partial charge in [0.25, 0.3) is 0 Å². The van der Waals surface area contributed by atoms with E-state index in [1.54, 1.807) is 12.1 Å². The van der Waals surface area contributed by atoms with Gasteiger partial charge in [-0.2, -0.15) is 0 Å². The van der Waals surface area contributed by atoms with E-state index in [-0.39, 0.29) is 11.9 Å². The average molecular weight is 257 g/mol. The fourth-order valence-electron chi connectivity index (χ4n) is 2.55. The molecule has 100 valence electrons. The van der Waals surface area contributed by atoms with E-state index in [1.807, 2.05) is 20.8 Å². The summed E-state index contributed by atoms with van der Waals surface area (Å²) in [5.41, 5.74) is 11.2. The van der Waals surface area contributed by atoms with E-state index >= 15 is 0 Å². The molecular weight excluding hydrogens is 237 g/mol. The Kier molecular flexibility index (Phi) is 4.01. The first-order chi connectivity index (χ1) is 8.97. The number of nitrogens with two attached hydrogens (primary N) is 1. The van der Waals surface area contributed by atoms with Gasteiger partial charge in [-0.1, -0.05) is 24.3 Å². The van der Waals surface area contributed by atoms with Crippen LogP contribution in [0.3, 0.4) is 0 Å². The van der Waals surface area contributed by atoms with Crippen LogP contribution in [-0.4, -0.2) is 6.04 Å². The van der Waals surface area contributed by atoms with Gasteiger partial charge in [0, 0.05) is 6.04 Å². The third-order valence-corrected chi connectivity index (χ3v) is 3.30. The van der Waals surface area contributed by atoms with Gasteiger partial charge in [0.15, 0.2) is 0 Å². The highest BCUT2D eigenvalue weighted by molar-refractivity contribution is 5.70. The molecule has 0 amide bonds. The highest BCUT2D eigenvalue weighted by Gasteiger charge is 2.08. The molecule has 2 N–H and O–H groups in total. The Morgan fingerprint density at radius 1 is 1.05 bits per heavy atom. The first-order valence-corrected chi connectivity index (χ1v) is 6.59. The van der Waals surface area contributed by atoms with Gasteiger partial charge in [-0.05, 0) is 67.1 Å². The second-order valence-electron chi connectivity index (χ2n) is 5.29. The molecular formula is C17H20FN. The largest absolute Gasteiger partial charge is 0.328 e. The summed E-state index contributed by atoms with van der Waals surface area (Å²) < 4.78 is 13.3. The van der Waals surface area contributed by atoms with Crippen LogP contribution in [0.1, 0.15) is 23.6 Å². The molecule has 0 fully saturated rings. The van der Waals surface area contributed by atoms with Crippen LogP contribution < -0.4 is 5.73 Å². The molecule has 0 aromatic heterocycles. The predicted molar refractivity (Wildman–Crippen MR) is 78.7 cm³/mol. The molecule has 0 spiro atoms. The van der Waals surface area contributed by atoms with Crippen LogP contribution in [0.5, 0.6) is 0 Å². The van der Waals surface area contributed by atoms with Crippen molar-refractivity contribution in [2.75, 3.05) is 0 Å². The van der Waals surface area contributed by atoms with E-state index in [2.05, 4.69) is 24.3 Å². The summed E-state index contributed by atoms with van der Waals surface area (Å²) in [6, 6.07) is 11.7. The van der Waals surface area contributed by atoms with Gasteiger partial charge in [-0.15, -0.1) is 0 Å². The maximum Gasteiger partial charge on any atom is 0.123 e. The molecule has 2 rings (SSSR count). The molecule has 0 aliphatic heterocycles. The number of benzene rings is 2. The molecule has 1 atom stereocenters. The van der Waals surface area contributed by atoms with Gasteiger partial charge < -0.3 is 5.73 Å². The molecule has 0 saturated carbocycles. The molecule has 0 aliphatic rings. The molecule has 1 nitrogen and oxygen atoms in total. The zero-order valence-corrected chi connectivity index (χ0v) is 11.7. The summed E-state index contributed by atoms with van der Waals surface area (Å²) >= 11 is 0. The first kappa shape index (κ1) is 13.8. The van der Waals surface area contributed by atoms with E-state index in [0.29, 0.717) is 0 Å². The summed E-state index contributed by atoms with van der Waals surface area (Å²) in [6.07, 6.45) is 0.877. The van der Waals surface area contributed by atoms with Crippen LogP contribution in [-0.2, 0) is 6.42 Å². The lowest BCUT2D eigenvalue weighted by atomic mass is 9.94. The molecule has 0 radical (unpaired) electrons. The van der Waals surface area contributed by atoms with Crippen molar-refractivity contribution in [3.05, 3.63) is 58.9 Å². The van der Waals surface area contributed by atoms with Gasteiger partial charge in [0.05, 0.1) is 0 Å². The maximum absolute atomic E-state index is 13.3. The summed E-state index contributed by atoms with van der Waals surface area (Å²) in [7, 11) is 0. The van der Waals surface area contributed by atoms with Gasteiger partial charge in [0.1, 0.15) is 5.82 Å². The minimum absolute atomic E-state index is 0.167. The third-order valence-electron chi connectivity index (χ3n) is 3.30. The quantitative estimate of drug-likeness (QED) is 0.883. The number of halogens is 1. The highest BCUT2D eigenvalue weighted by Crippen LogP contribution is 2.28. The summed E-state index contributed by atoms with van der Waals surface area (Å²) in [5.74, 6) is -0.174. The Bertz CT molecular complexity index is 547. The van der Waals surface area contributed by atoms with E-state index in [0.717, 1.165) is 28.7 Å². The van der Waals surface area contributed by atoms with Crippen molar-refractivity contribution in [2.45, 2.75) is 33.2 Å². The van der Waals surface area contributed by atoms with Crippen LogP contribution >= 0.6 is 0 Å². The van der Waals surface area contributed by atoms with Crippen LogP contribution in [0.25, 0.3) is 11.1 Å². The summed E-state index contributed by atoms with van der Waals surface area (Å²) in [4.78, 5) is 0. The Labute approximate surface area is 114 Å². The van der Waals surface area contributed by atoms with Crippen molar-refractivity contribution in [1.82, 2.24) is 0 Å². The van der Waals surface area contributed by atoms with Crippen LogP contribution in [0, 0.1) is 19.7 Å². The average Bonchev–Trinajstić information content (AvgIpc) is 2.29. The SMILES string of the molecule is Cc1cc(F)cc(C)c1-c1ccc(CC(C)N)cc1. The molecule has 2 aromatic rings. The van der Waals surface area contributed by atoms with Crippen molar-refractivity contribution < 1.29 is 4.39 Å². The monoisotopic (exact) mass is 257 g/mol. The zero-order valence-electron chi connectivity index (χ0n) is 11.7. The fraction of sp³-hybridized carbons (Fsp3) is 0.294. The van der Waals surface area contributed by atoms with E-state index < -0.39 is 0 Å². The highest BCUT2D eigenvalue weighted by atomic mass is 19.1. The molecule has 0 aliphatic carbocycles. The second-order valence-corrected chi connectivity index (χ2v) is 5.29. The Morgan fingerprint density at radius 3 is 2.05 bits per heavy atom. The van der Waals surface area contributed by atoms with Crippen molar-refractivity contribution >= 4 is 0 Å². The van der Waals surface area contributed by atoms with Crippen LogP contribution in [0.4, 0.5) is 4.39 Å². The fourth-order valence-corrected chi connectivity index (χ4v) is 2.55. The molecule has 2 heteroatoms. The minimum atomic E-state index is -0.174. The molecule has 1 unspecified atom stereocenters. The number of hydrogen-bond acceptors (Lipinski definition) is 1. The lowest BCUT2D eigenvalue weighted by Gasteiger charge is -2.12. The third kappa shape index (κ3) is 3.21. The molecule has 0 saturated heterocycles. The minimum Gasteiger partial charge on any atom is -0.328 e. The van der Waals surface area contributed by atoms with Crippen LogP contribution in [0.2, 0.25) is 0 Å². The Balaban J connectivity index is 2.37. The van der Waals surface area contributed by atoms with Gasteiger partial charge in [-0.3, -0.25) is 0 Å². The normalized spacial score (nSPS) is 12.5. The lowest BCUT2D eigenvalue weighted by molar-refractivity contribution is 0.625. The lowest BCUT2D eigenvalue weighted by Crippen LogP contribution is -2.17. The predicted octanol–water partition coefficient (Wildman–Crippen LogP) is 4.00. The Morgan fingerprint density at radius 2 is 1.58 bits per heavy atom. The van der Waals surface area contributed by atoms with Crippen molar-refractivity contribution in [1.29, 1.82) is 0 Å². The topological polar surface area (TPSA) is 26.0 Å². The van der Waals surface area contributed by atoms with Gasteiger partial charge in [0.2, 0.25) is 0 Å². The van der Waals surface area contributed by atoms with Crippen molar-refractivity contribution in [3.8, 4) is 11.1 Å². The van der Waals surface area contributed by atoms with Crippen molar-refractivity contribution in [3.63, 3.8) is 0 Å². The summed E-state index contributed by atoms with van der Waals surface area (Å²) in [6.45, 7) is 5.89. The molecule has 19 heavy (non-hydrogen) atoms. The standard InChI is InChI=1S/C17H20FN/c1-11-8-16(18)9-12(2)17(11)15-6-4-14(5-7-15)10-13(3)19/h4-9,13H,10,19H2,1-3H3. The molecule has 0 bridgehead atoms. The second kappa shape index (κ2) is 5.54. The number of rotatable bonds is 3. The number of aryl methyl sites for hydroxylation is 2. The molecule has 0 heterocycles. The summed E-state index contributed by atoms with van der Waals surface area (Å²) in [5, 5.41) is 0. The van der Waals surface area contributed by atoms with Crippen LogP contribution in [0.15, 0.2) is 36.4 Å². The van der Waals surface area contributed by atoms with Crippen molar-refractivity contribution in [2.24, 2.45) is 5.73 Å².